The van der Waals surface area contributed by atoms with Crippen LogP contribution < -0.4 is 10.6 Å². The Kier molecular flexibility index (Phi) is 3.50. The summed E-state index contributed by atoms with van der Waals surface area (Å²) in [6, 6.07) is -0.740. The van der Waals surface area contributed by atoms with Crippen molar-refractivity contribution in [1.29, 1.82) is 0 Å². The molecule has 11 heavy (non-hydrogen) atoms. The molecule has 0 aromatic heterocycles. The zero-order chi connectivity index (χ0) is 8.85. The number of nitrogens with one attached hydrogen (secondary N) is 2. The Morgan fingerprint density at radius 3 is 1.64 bits per heavy atom. The average molecular weight is 158 g/mol. The summed E-state index contributed by atoms with van der Waals surface area (Å²) in [5, 5.41) is 3.80. The molecule has 0 radical (unpaired) electrons. The predicted octanol–water partition coefficient (Wildman–Crippen LogP) is -1.44. The second-order valence-corrected chi connectivity index (χ2v) is 1.60. The van der Waals surface area contributed by atoms with Crippen molar-refractivity contribution >= 4 is 24.6 Å². The highest BCUT2D eigenvalue weighted by atomic mass is 16.2. The highest BCUT2D eigenvalue weighted by Gasteiger charge is 2.20. The fraction of sp³-hybridized carbons (Fsp3) is 0.200. The number of hydrogen-bond acceptors (Lipinski definition) is 4. The molecule has 0 unspecified atom stereocenters. The summed E-state index contributed by atoms with van der Waals surface area (Å²) in [5.74, 6) is -1.10. The van der Waals surface area contributed by atoms with Crippen molar-refractivity contribution in [3.63, 3.8) is 0 Å². The van der Waals surface area contributed by atoms with Gasteiger partial charge in [-0.1, -0.05) is 0 Å². The third-order valence-corrected chi connectivity index (χ3v) is 0.827. The Morgan fingerprint density at radius 1 is 1.00 bits per heavy atom. The zero-order valence-electron chi connectivity index (χ0n) is 5.55. The minimum absolute atomic E-state index is 0.258. The summed E-state index contributed by atoms with van der Waals surface area (Å²) in [6.45, 7) is 2.00. The fourth-order valence-corrected chi connectivity index (χ4v) is 0.519. The molecule has 0 aromatic rings. The van der Waals surface area contributed by atoms with Gasteiger partial charge in [-0.3, -0.25) is 20.2 Å². The van der Waals surface area contributed by atoms with Crippen molar-refractivity contribution in [1.82, 2.24) is 10.6 Å². The predicted molar refractivity (Wildman–Crippen MR) is 33.4 cm³/mol. The van der Waals surface area contributed by atoms with Crippen LogP contribution in [-0.4, -0.2) is 24.6 Å². The maximum atomic E-state index is 10.3. The first-order valence-corrected chi connectivity index (χ1v) is 2.61. The lowest BCUT2D eigenvalue weighted by atomic mass is 10.3. The number of barbiturate groups is 1. The smallest absolute Gasteiger partial charge is 0.307 e. The third-order valence-electron chi connectivity index (χ3n) is 0.827. The second kappa shape index (κ2) is 4.15. The molecule has 1 fully saturated rings. The van der Waals surface area contributed by atoms with Gasteiger partial charge < -0.3 is 4.79 Å². The molecule has 1 aliphatic heterocycles. The summed E-state index contributed by atoms with van der Waals surface area (Å²) >= 11 is 0. The molecule has 0 spiro atoms. The van der Waals surface area contributed by atoms with E-state index in [0.29, 0.717) is 0 Å². The van der Waals surface area contributed by atoms with Crippen molar-refractivity contribution in [2.45, 2.75) is 6.42 Å². The van der Waals surface area contributed by atoms with Crippen LogP contribution in [0.15, 0.2) is 0 Å². The molecule has 1 saturated heterocycles. The Hall–Kier alpha value is -1.72. The van der Waals surface area contributed by atoms with Gasteiger partial charge in [-0.05, 0) is 0 Å². The van der Waals surface area contributed by atoms with Gasteiger partial charge in [0.25, 0.3) is 0 Å². The molecule has 1 aliphatic rings. The van der Waals surface area contributed by atoms with Crippen LogP contribution in [0.3, 0.4) is 0 Å². The van der Waals surface area contributed by atoms with Gasteiger partial charge in [0, 0.05) is 0 Å². The van der Waals surface area contributed by atoms with Gasteiger partial charge in [-0.25, -0.2) is 4.79 Å². The molecule has 1 rings (SSSR count). The number of carbonyl (C=O) groups excluding carboxylic acids is 4. The molecular weight excluding hydrogens is 152 g/mol. The van der Waals surface area contributed by atoms with Crippen molar-refractivity contribution in [2.24, 2.45) is 0 Å². The number of amides is 4. The Morgan fingerprint density at radius 2 is 1.36 bits per heavy atom. The van der Waals surface area contributed by atoms with Gasteiger partial charge in [0.1, 0.15) is 13.2 Å². The molecule has 2 N–H and O–H groups in total. The van der Waals surface area contributed by atoms with E-state index in [0.717, 1.165) is 0 Å². The molecule has 0 aromatic carbocycles. The van der Waals surface area contributed by atoms with E-state index in [9.17, 15) is 14.4 Å². The van der Waals surface area contributed by atoms with Crippen molar-refractivity contribution < 1.29 is 19.2 Å². The van der Waals surface area contributed by atoms with Crippen molar-refractivity contribution in [3.05, 3.63) is 0 Å². The Bertz CT molecular complexity index is 155. The second-order valence-electron chi connectivity index (χ2n) is 1.60. The van der Waals surface area contributed by atoms with Crippen LogP contribution in [0.2, 0.25) is 0 Å². The lowest BCUT2D eigenvalue weighted by Gasteiger charge is -2.09. The zero-order valence-corrected chi connectivity index (χ0v) is 5.55. The van der Waals surface area contributed by atoms with E-state index < -0.39 is 17.8 Å². The van der Waals surface area contributed by atoms with Gasteiger partial charge in [-0.15, -0.1) is 0 Å². The first-order valence-electron chi connectivity index (χ1n) is 2.61. The Balaban J connectivity index is 0.000000461. The third kappa shape index (κ3) is 3.09. The van der Waals surface area contributed by atoms with Crippen molar-refractivity contribution in [3.8, 4) is 0 Å². The van der Waals surface area contributed by atoms with E-state index in [4.69, 9.17) is 4.79 Å². The first-order chi connectivity index (χ1) is 5.18. The molecular formula is C5H6N2O4. The summed E-state index contributed by atoms with van der Waals surface area (Å²) in [7, 11) is 0. The summed E-state index contributed by atoms with van der Waals surface area (Å²) in [4.78, 5) is 38.8. The topological polar surface area (TPSA) is 92.3 Å². The number of carbonyl (C=O) groups is 4. The number of imide groups is 2. The average Bonchev–Trinajstić information content (AvgIpc) is 1.88. The summed E-state index contributed by atoms with van der Waals surface area (Å²) < 4.78 is 0. The molecule has 1 heterocycles. The summed E-state index contributed by atoms with van der Waals surface area (Å²) in [5.41, 5.74) is 0. The maximum Gasteiger partial charge on any atom is 0.328 e. The first kappa shape index (κ1) is 9.28. The van der Waals surface area contributed by atoms with E-state index in [2.05, 4.69) is 0 Å². The lowest BCUT2D eigenvalue weighted by molar-refractivity contribution is -0.129. The molecule has 0 atom stereocenters. The SMILES string of the molecule is C=O.O=C1CC(=O)NC(=O)N1. The quantitative estimate of drug-likeness (QED) is 0.422. The molecule has 60 valence electrons. The number of hydrogen-bond donors (Lipinski definition) is 2. The molecule has 0 aliphatic carbocycles. The van der Waals surface area contributed by atoms with Gasteiger partial charge >= 0.3 is 6.03 Å². The van der Waals surface area contributed by atoms with E-state index in [1.165, 1.54) is 0 Å². The van der Waals surface area contributed by atoms with Gasteiger partial charge in [-0.2, -0.15) is 0 Å². The van der Waals surface area contributed by atoms with Crippen LogP contribution in [-0.2, 0) is 14.4 Å². The van der Waals surface area contributed by atoms with Crippen LogP contribution in [0.25, 0.3) is 0 Å². The van der Waals surface area contributed by atoms with Crippen LogP contribution in [0.5, 0.6) is 0 Å². The van der Waals surface area contributed by atoms with Crippen LogP contribution >= 0.6 is 0 Å². The molecule has 0 saturated carbocycles. The number of rotatable bonds is 0. The molecule has 4 amide bonds. The van der Waals surface area contributed by atoms with Crippen LogP contribution in [0, 0.1) is 0 Å². The van der Waals surface area contributed by atoms with E-state index in [1.807, 2.05) is 17.4 Å². The molecule has 6 nitrogen and oxygen atoms in total. The van der Waals surface area contributed by atoms with Crippen LogP contribution in [0.1, 0.15) is 6.42 Å². The molecule has 6 heteroatoms. The van der Waals surface area contributed by atoms with Crippen LogP contribution in [0.4, 0.5) is 4.79 Å². The van der Waals surface area contributed by atoms with Gasteiger partial charge in [0.05, 0.1) is 0 Å². The minimum Gasteiger partial charge on any atom is -0.307 e. The van der Waals surface area contributed by atoms with E-state index in [1.54, 1.807) is 0 Å². The van der Waals surface area contributed by atoms with E-state index in [-0.39, 0.29) is 6.42 Å². The highest BCUT2D eigenvalue weighted by Crippen LogP contribution is 1.85. The van der Waals surface area contributed by atoms with Gasteiger partial charge in [0.2, 0.25) is 11.8 Å². The van der Waals surface area contributed by atoms with Crippen molar-refractivity contribution in [2.75, 3.05) is 0 Å². The minimum atomic E-state index is -0.740. The fourth-order valence-electron chi connectivity index (χ4n) is 0.519. The normalized spacial score (nSPS) is 15.8. The highest BCUT2D eigenvalue weighted by molar-refractivity contribution is 6.14. The number of urea groups is 1. The molecule has 0 bridgehead atoms. The maximum absolute atomic E-state index is 10.3. The standard InChI is InChI=1S/C4H4N2O3.CH2O/c7-2-1-3(8)6-4(9)5-2;1-2/h1H2,(H2,5,6,7,8,9);1H2. The van der Waals surface area contributed by atoms with Gasteiger partial charge in [0.15, 0.2) is 0 Å². The Labute approximate surface area is 61.9 Å². The monoisotopic (exact) mass is 158 g/mol. The van der Waals surface area contributed by atoms with E-state index >= 15 is 0 Å². The largest absolute Gasteiger partial charge is 0.328 e. The summed E-state index contributed by atoms with van der Waals surface area (Å²) in [6.07, 6.45) is -0.258. The lowest BCUT2D eigenvalue weighted by Crippen LogP contribution is -2.49.